The molecular weight excluding hydrogens is 266 g/mol. The van der Waals surface area contributed by atoms with Crippen molar-refractivity contribution in [3.8, 4) is 0 Å². The van der Waals surface area contributed by atoms with Gasteiger partial charge in [0, 0.05) is 6.07 Å². The van der Waals surface area contributed by atoms with E-state index in [-0.39, 0.29) is 17.2 Å². The summed E-state index contributed by atoms with van der Waals surface area (Å²) in [5.74, 6) is -1.82. The minimum atomic E-state index is -1.10. The van der Waals surface area contributed by atoms with Crippen LogP contribution in [0.15, 0.2) is 12.3 Å². The van der Waals surface area contributed by atoms with Crippen LogP contribution in [0.25, 0.3) is 0 Å². The quantitative estimate of drug-likeness (QED) is 0.609. The third-order valence-corrected chi connectivity index (χ3v) is 3.17. The van der Waals surface area contributed by atoms with Gasteiger partial charge in [-0.2, -0.15) is 0 Å². The Morgan fingerprint density at radius 1 is 1.55 bits per heavy atom. The number of carboxylic acids is 1. The second-order valence-electron chi connectivity index (χ2n) is 4.71. The van der Waals surface area contributed by atoms with Crippen molar-refractivity contribution in [3.63, 3.8) is 0 Å². The van der Waals surface area contributed by atoms with Gasteiger partial charge in [0.2, 0.25) is 0 Å². The molecule has 1 heterocycles. The molecule has 8 heteroatoms. The van der Waals surface area contributed by atoms with Crippen LogP contribution in [-0.2, 0) is 4.79 Å². The van der Waals surface area contributed by atoms with Gasteiger partial charge in [-0.1, -0.05) is 0 Å². The van der Waals surface area contributed by atoms with E-state index in [0.717, 1.165) is 25.1 Å². The molecule has 2 rings (SSSR count). The summed E-state index contributed by atoms with van der Waals surface area (Å²) in [4.78, 5) is 36.9. The van der Waals surface area contributed by atoms with E-state index in [2.05, 4.69) is 10.3 Å². The van der Waals surface area contributed by atoms with Crippen molar-refractivity contribution in [3.05, 3.63) is 33.6 Å². The Hall–Kier alpha value is -2.51. The van der Waals surface area contributed by atoms with E-state index in [1.165, 1.54) is 6.92 Å². The summed E-state index contributed by atoms with van der Waals surface area (Å²) in [6.07, 6.45) is 2.56. The number of hydrogen-bond donors (Lipinski definition) is 2. The molecular formula is C12H13N3O5. The summed E-state index contributed by atoms with van der Waals surface area (Å²) in [6.45, 7) is 1.53. The molecule has 0 spiro atoms. The molecule has 1 atom stereocenters. The van der Waals surface area contributed by atoms with Gasteiger partial charge in [-0.15, -0.1) is 0 Å². The van der Waals surface area contributed by atoms with Crippen molar-refractivity contribution < 1.29 is 19.6 Å². The first-order chi connectivity index (χ1) is 9.40. The Balaban J connectivity index is 2.21. The monoisotopic (exact) mass is 279 g/mol. The van der Waals surface area contributed by atoms with Crippen molar-refractivity contribution in [2.24, 2.45) is 5.92 Å². The van der Waals surface area contributed by atoms with Crippen molar-refractivity contribution in [1.82, 2.24) is 10.3 Å². The number of rotatable bonds is 5. The largest absolute Gasteiger partial charge is 0.480 e. The molecule has 1 unspecified atom stereocenters. The van der Waals surface area contributed by atoms with Crippen molar-refractivity contribution in [2.45, 2.75) is 25.8 Å². The maximum Gasteiger partial charge on any atom is 0.326 e. The van der Waals surface area contributed by atoms with E-state index < -0.39 is 22.8 Å². The summed E-state index contributed by atoms with van der Waals surface area (Å²) < 4.78 is 0. The Morgan fingerprint density at radius 3 is 2.70 bits per heavy atom. The number of hydrogen-bond acceptors (Lipinski definition) is 5. The van der Waals surface area contributed by atoms with Crippen LogP contribution in [0.1, 0.15) is 28.9 Å². The van der Waals surface area contributed by atoms with Crippen molar-refractivity contribution >= 4 is 17.6 Å². The highest BCUT2D eigenvalue weighted by Gasteiger charge is 2.37. The lowest BCUT2D eigenvalue weighted by atomic mass is 10.1. The summed E-state index contributed by atoms with van der Waals surface area (Å²) in [5, 5.41) is 22.1. The van der Waals surface area contributed by atoms with E-state index in [4.69, 9.17) is 5.11 Å². The Morgan fingerprint density at radius 2 is 2.20 bits per heavy atom. The van der Waals surface area contributed by atoms with Crippen LogP contribution in [0.5, 0.6) is 0 Å². The van der Waals surface area contributed by atoms with Gasteiger partial charge in [0.15, 0.2) is 0 Å². The molecule has 0 aliphatic heterocycles. The number of aliphatic carboxylic acids is 1. The third-order valence-electron chi connectivity index (χ3n) is 3.17. The molecule has 0 bridgehead atoms. The SMILES string of the molecule is Cc1ncc([N+](=O)[O-])cc1C(=O)NC(C(=O)O)C1CC1. The number of pyridine rings is 1. The van der Waals surface area contributed by atoms with Crippen molar-refractivity contribution in [2.75, 3.05) is 0 Å². The summed E-state index contributed by atoms with van der Waals surface area (Å²) in [5.41, 5.74) is 0.0261. The first-order valence-electron chi connectivity index (χ1n) is 6.05. The van der Waals surface area contributed by atoms with Gasteiger partial charge in [-0.3, -0.25) is 19.9 Å². The fraction of sp³-hybridized carbons (Fsp3) is 0.417. The van der Waals surface area contributed by atoms with Gasteiger partial charge < -0.3 is 10.4 Å². The van der Waals surface area contributed by atoms with E-state index in [1.807, 2.05) is 0 Å². The molecule has 8 nitrogen and oxygen atoms in total. The number of nitro groups is 1. The predicted octanol–water partition coefficient (Wildman–Crippen LogP) is 0.891. The summed E-state index contributed by atoms with van der Waals surface area (Å²) in [6, 6.07) is 0.143. The van der Waals surface area contributed by atoms with E-state index in [1.54, 1.807) is 0 Å². The first kappa shape index (κ1) is 13.9. The molecule has 1 amide bonds. The molecule has 0 saturated heterocycles. The Kier molecular flexibility index (Phi) is 3.64. The van der Waals surface area contributed by atoms with Crippen LogP contribution >= 0.6 is 0 Å². The van der Waals surface area contributed by atoms with Gasteiger partial charge in [0.1, 0.15) is 12.2 Å². The molecule has 0 radical (unpaired) electrons. The third kappa shape index (κ3) is 2.90. The zero-order valence-corrected chi connectivity index (χ0v) is 10.7. The van der Waals surface area contributed by atoms with Crippen molar-refractivity contribution in [1.29, 1.82) is 0 Å². The number of aromatic nitrogens is 1. The minimum Gasteiger partial charge on any atom is -0.480 e. The lowest BCUT2D eigenvalue weighted by molar-refractivity contribution is -0.385. The van der Waals surface area contributed by atoms with Gasteiger partial charge in [0.25, 0.3) is 11.6 Å². The fourth-order valence-electron chi connectivity index (χ4n) is 1.88. The predicted molar refractivity (Wildman–Crippen MR) is 67.2 cm³/mol. The molecule has 2 N–H and O–H groups in total. The fourth-order valence-corrected chi connectivity index (χ4v) is 1.88. The molecule has 106 valence electrons. The first-order valence-corrected chi connectivity index (χ1v) is 6.05. The van der Waals surface area contributed by atoms with Crippen LogP contribution in [-0.4, -0.2) is 32.9 Å². The molecule has 0 aromatic carbocycles. The van der Waals surface area contributed by atoms with Gasteiger partial charge in [0.05, 0.1) is 16.2 Å². The van der Waals surface area contributed by atoms with Gasteiger partial charge in [-0.05, 0) is 25.7 Å². The summed E-state index contributed by atoms with van der Waals surface area (Å²) in [7, 11) is 0. The maximum absolute atomic E-state index is 12.1. The Bertz CT molecular complexity index is 582. The molecule has 20 heavy (non-hydrogen) atoms. The van der Waals surface area contributed by atoms with E-state index in [9.17, 15) is 19.7 Å². The van der Waals surface area contributed by atoms with Crippen LogP contribution in [0, 0.1) is 23.0 Å². The highest BCUT2D eigenvalue weighted by Crippen LogP contribution is 2.33. The highest BCUT2D eigenvalue weighted by molar-refractivity contribution is 5.98. The number of nitrogens with one attached hydrogen (secondary N) is 1. The van der Waals surface area contributed by atoms with E-state index >= 15 is 0 Å². The van der Waals surface area contributed by atoms with Crippen LogP contribution < -0.4 is 5.32 Å². The molecule has 1 aliphatic rings. The lowest BCUT2D eigenvalue weighted by Crippen LogP contribution is -2.42. The molecule has 1 aliphatic carbocycles. The smallest absolute Gasteiger partial charge is 0.326 e. The van der Waals surface area contributed by atoms with E-state index in [0.29, 0.717) is 5.69 Å². The number of amides is 1. The zero-order valence-electron chi connectivity index (χ0n) is 10.7. The minimum absolute atomic E-state index is 0.0195. The normalized spacial score (nSPS) is 15.4. The standard InChI is InChI=1S/C12H13N3O5/c1-6-9(4-8(5-13-6)15(19)20)11(16)14-10(12(17)18)7-2-3-7/h4-5,7,10H,2-3H2,1H3,(H,14,16)(H,17,18). The topological polar surface area (TPSA) is 122 Å². The Labute approximate surface area is 114 Å². The molecule has 1 aromatic rings. The molecule has 1 saturated carbocycles. The molecule has 1 fully saturated rings. The zero-order chi connectivity index (χ0) is 14.9. The van der Waals surface area contributed by atoms with Crippen LogP contribution in [0.3, 0.4) is 0 Å². The van der Waals surface area contributed by atoms with Gasteiger partial charge in [-0.25, -0.2) is 4.79 Å². The van der Waals surface area contributed by atoms with Gasteiger partial charge >= 0.3 is 5.97 Å². The maximum atomic E-state index is 12.1. The highest BCUT2D eigenvalue weighted by atomic mass is 16.6. The average molecular weight is 279 g/mol. The second-order valence-corrected chi connectivity index (χ2v) is 4.71. The van der Waals surface area contributed by atoms with Crippen LogP contribution in [0.4, 0.5) is 5.69 Å². The second kappa shape index (κ2) is 5.24. The number of carbonyl (C=O) groups excluding carboxylic acids is 1. The number of carboxylic acid groups (broad SMARTS) is 1. The molecule has 1 aromatic heterocycles. The van der Waals surface area contributed by atoms with Crippen LogP contribution in [0.2, 0.25) is 0 Å². The average Bonchev–Trinajstić information content (AvgIpc) is 3.19. The number of aryl methyl sites for hydroxylation is 1. The summed E-state index contributed by atoms with van der Waals surface area (Å²) >= 11 is 0. The number of carbonyl (C=O) groups is 2. The lowest BCUT2D eigenvalue weighted by Gasteiger charge is -2.14. The number of nitrogens with zero attached hydrogens (tertiary/aromatic N) is 2.